The molecule has 0 aliphatic carbocycles. The molecule has 18 heavy (non-hydrogen) atoms. The van der Waals surface area contributed by atoms with Gasteiger partial charge in [0.1, 0.15) is 17.9 Å². The first-order valence-electron chi connectivity index (χ1n) is 5.78. The van der Waals surface area contributed by atoms with Gasteiger partial charge in [-0.05, 0) is 31.2 Å². The maximum atomic E-state index is 9.62. The predicted octanol–water partition coefficient (Wildman–Crippen LogP) is 1.89. The third-order valence-electron chi connectivity index (χ3n) is 2.59. The summed E-state index contributed by atoms with van der Waals surface area (Å²) in [5.74, 6) is 1.16. The van der Waals surface area contributed by atoms with E-state index in [4.69, 9.17) is 11.6 Å². The minimum Gasteiger partial charge on any atom is -0.508 e. The van der Waals surface area contributed by atoms with E-state index in [0.717, 1.165) is 30.8 Å². The summed E-state index contributed by atoms with van der Waals surface area (Å²) >= 11 is 5.87. The Morgan fingerprint density at radius 3 is 3.06 bits per heavy atom. The molecule has 1 aromatic carbocycles. The third-order valence-corrected chi connectivity index (χ3v) is 2.82. The number of nitrogens with one attached hydrogen (secondary N) is 2. The van der Waals surface area contributed by atoms with Crippen LogP contribution in [0, 0.1) is 0 Å². The van der Waals surface area contributed by atoms with Crippen molar-refractivity contribution in [3.63, 3.8) is 0 Å². The molecule has 0 unspecified atom stereocenters. The normalized spacial score (nSPS) is 10.7. The number of aromatic nitrogens is 3. The molecule has 2 aromatic rings. The number of aromatic hydroxyl groups is 1. The number of rotatable bonds is 6. The Kier molecular flexibility index (Phi) is 4.55. The quantitative estimate of drug-likeness (QED) is 0.698. The highest BCUT2D eigenvalue weighted by Crippen LogP contribution is 2.20. The van der Waals surface area contributed by atoms with Crippen LogP contribution in [0.15, 0.2) is 24.5 Å². The van der Waals surface area contributed by atoms with E-state index in [9.17, 15) is 5.11 Å². The standard InChI is InChI=1S/C12H15ClN4O/c13-10-3-4-11(18)9(6-10)7-14-5-1-2-12-15-8-16-17-12/h3-4,6,8,14,18H,1-2,5,7H2,(H,15,16,17). The van der Waals surface area contributed by atoms with Crippen LogP contribution in [0.3, 0.4) is 0 Å². The van der Waals surface area contributed by atoms with Crippen LogP contribution in [0.25, 0.3) is 0 Å². The second-order valence-electron chi connectivity index (χ2n) is 3.99. The topological polar surface area (TPSA) is 73.8 Å². The van der Waals surface area contributed by atoms with Gasteiger partial charge < -0.3 is 10.4 Å². The molecule has 0 aliphatic rings. The van der Waals surface area contributed by atoms with Crippen molar-refractivity contribution in [2.45, 2.75) is 19.4 Å². The lowest BCUT2D eigenvalue weighted by Gasteiger charge is -2.06. The van der Waals surface area contributed by atoms with E-state index in [-0.39, 0.29) is 5.75 Å². The minimum absolute atomic E-state index is 0.266. The minimum atomic E-state index is 0.266. The van der Waals surface area contributed by atoms with Crippen LogP contribution in [-0.4, -0.2) is 26.8 Å². The number of hydrogen-bond acceptors (Lipinski definition) is 4. The number of halogens is 1. The monoisotopic (exact) mass is 266 g/mol. The molecule has 0 aliphatic heterocycles. The van der Waals surface area contributed by atoms with E-state index in [2.05, 4.69) is 20.5 Å². The first kappa shape index (κ1) is 12.9. The Bertz CT molecular complexity index is 487. The molecule has 1 aromatic heterocycles. The molecule has 0 saturated heterocycles. The lowest BCUT2D eigenvalue weighted by Crippen LogP contribution is -2.15. The van der Waals surface area contributed by atoms with E-state index >= 15 is 0 Å². The highest BCUT2D eigenvalue weighted by molar-refractivity contribution is 6.30. The van der Waals surface area contributed by atoms with Gasteiger partial charge >= 0.3 is 0 Å². The number of hydrogen-bond donors (Lipinski definition) is 3. The van der Waals surface area contributed by atoms with Crippen LogP contribution >= 0.6 is 11.6 Å². The highest BCUT2D eigenvalue weighted by Gasteiger charge is 2.01. The fourth-order valence-corrected chi connectivity index (χ4v) is 1.85. The lowest BCUT2D eigenvalue weighted by molar-refractivity contribution is 0.464. The molecule has 6 heteroatoms. The maximum absolute atomic E-state index is 9.62. The molecule has 0 amide bonds. The van der Waals surface area contributed by atoms with Crippen molar-refractivity contribution in [2.75, 3.05) is 6.54 Å². The number of aryl methyl sites for hydroxylation is 1. The molecular weight excluding hydrogens is 252 g/mol. The van der Waals surface area contributed by atoms with Crippen molar-refractivity contribution in [1.82, 2.24) is 20.5 Å². The Morgan fingerprint density at radius 2 is 2.28 bits per heavy atom. The maximum Gasteiger partial charge on any atom is 0.137 e. The van der Waals surface area contributed by atoms with Crippen LogP contribution in [-0.2, 0) is 13.0 Å². The second-order valence-corrected chi connectivity index (χ2v) is 4.42. The molecule has 0 fully saturated rings. The zero-order chi connectivity index (χ0) is 12.8. The average molecular weight is 267 g/mol. The van der Waals surface area contributed by atoms with Gasteiger partial charge in [0.25, 0.3) is 0 Å². The average Bonchev–Trinajstić information content (AvgIpc) is 2.86. The van der Waals surface area contributed by atoms with Crippen molar-refractivity contribution in [2.24, 2.45) is 0 Å². The molecule has 96 valence electrons. The van der Waals surface area contributed by atoms with Gasteiger partial charge in [-0.3, -0.25) is 5.10 Å². The lowest BCUT2D eigenvalue weighted by atomic mass is 10.2. The number of benzene rings is 1. The van der Waals surface area contributed by atoms with Gasteiger partial charge in [-0.2, -0.15) is 5.10 Å². The molecule has 0 bridgehead atoms. The van der Waals surface area contributed by atoms with E-state index in [0.29, 0.717) is 11.6 Å². The zero-order valence-electron chi connectivity index (χ0n) is 9.86. The Labute approximate surface area is 110 Å². The van der Waals surface area contributed by atoms with Gasteiger partial charge in [-0.25, -0.2) is 4.98 Å². The Balaban J connectivity index is 1.70. The molecule has 0 spiro atoms. The summed E-state index contributed by atoms with van der Waals surface area (Å²) in [5.41, 5.74) is 0.808. The first-order valence-corrected chi connectivity index (χ1v) is 6.16. The van der Waals surface area contributed by atoms with Crippen molar-refractivity contribution in [1.29, 1.82) is 0 Å². The van der Waals surface area contributed by atoms with Crippen LogP contribution in [0.1, 0.15) is 17.8 Å². The van der Waals surface area contributed by atoms with Crippen LogP contribution < -0.4 is 5.32 Å². The number of phenolic OH excluding ortho intramolecular Hbond substituents is 1. The largest absolute Gasteiger partial charge is 0.508 e. The van der Waals surface area contributed by atoms with E-state index in [1.165, 1.54) is 6.33 Å². The van der Waals surface area contributed by atoms with Gasteiger partial charge in [0, 0.05) is 23.6 Å². The van der Waals surface area contributed by atoms with Gasteiger partial charge in [-0.15, -0.1) is 0 Å². The highest BCUT2D eigenvalue weighted by atomic mass is 35.5. The molecular formula is C12H15ClN4O. The summed E-state index contributed by atoms with van der Waals surface area (Å²) in [6.45, 7) is 1.44. The molecule has 3 N–H and O–H groups in total. The van der Waals surface area contributed by atoms with Gasteiger partial charge in [0.05, 0.1) is 0 Å². The smallest absolute Gasteiger partial charge is 0.137 e. The second kappa shape index (κ2) is 6.37. The van der Waals surface area contributed by atoms with Gasteiger partial charge in [0.15, 0.2) is 0 Å². The fraction of sp³-hybridized carbons (Fsp3) is 0.333. The summed E-state index contributed by atoms with van der Waals surface area (Å²) in [4.78, 5) is 4.05. The van der Waals surface area contributed by atoms with E-state index in [1.54, 1.807) is 18.2 Å². The molecule has 0 radical (unpaired) electrons. The summed E-state index contributed by atoms with van der Waals surface area (Å²) in [6, 6.07) is 5.04. The number of phenols is 1. The van der Waals surface area contributed by atoms with E-state index < -0.39 is 0 Å². The van der Waals surface area contributed by atoms with Crippen LogP contribution in [0.5, 0.6) is 5.75 Å². The Morgan fingerprint density at radius 1 is 1.39 bits per heavy atom. The summed E-state index contributed by atoms with van der Waals surface area (Å²) in [6.07, 6.45) is 3.32. The molecule has 5 nitrogen and oxygen atoms in total. The molecule has 0 atom stereocenters. The van der Waals surface area contributed by atoms with Crippen molar-refractivity contribution in [3.8, 4) is 5.75 Å². The first-order chi connectivity index (χ1) is 8.75. The SMILES string of the molecule is Oc1ccc(Cl)cc1CNCCCc1ncn[nH]1. The molecule has 2 rings (SSSR count). The molecule has 0 saturated carbocycles. The summed E-state index contributed by atoms with van der Waals surface area (Å²) in [5, 5.41) is 20.1. The van der Waals surface area contributed by atoms with Crippen molar-refractivity contribution >= 4 is 11.6 Å². The number of aromatic amines is 1. The number of nitrogens with zero attached hydrogens (tertiary/aromatic N) is 2. The van der Waals surface area contributed by atoms with Gasteiger partial charge in [0.2, 0.25) is 0 Å². The van der Waals surface area contributed by atoms with Crippen molar-refractivity contribution in [3.05, 3.63) is 40.9 Å². The summed E-state index contributed by atoms with van der Waals surface area (Å²) < 4.78 is 0. The fourth-order valence-electron chi connectivity index (χ4n) is 1.65. The Hall–Kier alpha value is -1.59. The predicted molar refractivity (Wildman–Crippen MR) is 69.5 cm³/mol. The zero-order valence-corrected chi connectivity index (χ0v) is 10.6. The van der Waals surface area contributed by atoms with Crippen molar-refractivity contribution < 1.29 is 5.11 Å². The van der Waals surface area contributed by atoms with Crippen LogP contribution in [0.4, 0.5) is 0 Å². The molecule has 1 heterocycles. The summed E-state index contributed by atoms with van der Waals surface area (Å²) in [7, 11) is 0. The van der Waals surface area contributed by atoms with Gasteiger partial charge in [-0.1, -0.05) is 11.6 Å². The van der Waals surface area contributed by atoms with E-state index in [1.807, 2.05) is 0 Å². The third kappa shape index (κ3) is 3.72. The number of H-pyrrole nitrogens is 1. The van der Waals surface area contributed by atoms with Crippen LogP contribution in [0.2, 0.25) is 5.02 Å².